The van der Waals surface area contributed by atoms with Crippen LogP contribution in [0.15, 0.2) is 0 Å². The Bertz CT molecular complexity index is 241. The van der Waals surface area contributed by atoms with Crippen molar-refractivity contribution in [3.8, 4) is 0 Å². The zero-order chi connectivity index (χ0) is 12.4. The summed E-state index contributed by atoms with van der Waals surface area (Å²) in [7, 11) is 0. The molecule has 100 valence electrons. The van der Waals surface area contributed by atoms with Gasteiger partial charge in [0.2, 0.25) is 0 Å². The largest absolute Gasteiger partial charge is 0.311 e. The van der Waals surface area contributed by atoms with Crippen molar-refractivity contribution in [3.63, 3.8) is 0 Å². The van der Waals surface area contributed by atoms with E-state index in [0.29, 0.717) is 0 Å². The van der Waals surface area contributed by atoms with Crippen LogP contribution in [0.1, 0.15) is 53.4 Å². The molecule has 5 unspecified atom stereocenters. The standard InChI is InChI=1S/C15H30N2/c1-5-14-10-17(13(4)9-16-14)15-7-6-11(2)12(3)8-15/h11-16H,5-10H2,1-4H3. The molecular weight excluding hydrogens is 208 g/mol. The Morgan fingerprint density at radius 2 is 1.88 bits per heavy atom. The number of nitrogens with one attached hydrogen (secondary N) is 1. The van der Waals surface area contributed by atoms with E-state index in [0.717, 1.165) is 30.0 Å². The highest BCUT2D eigenvalue weighted by atomic mass is 15.2. The van der Waals surface area contributed by atoms with E-state index in [9.17, 15) is 0 Å². The van der Waals surface area contributed by atoms with Gasteiger partial charge in [-0.25, -0.2) is 0 Å². The third-order valence-electron chi connectivity index (χ3n) is 5.23. The maximum absolute atomic E-state index is 3.67. The minimum Gasteiger partial charge on any atom is -0.311 e. The van der Waals surface area contributed by atoms with Gasteiger partial charge in [-0.3, -0.25) is 4.90 Å². The molecule has 2 rings (SSSR count). The first-order chi connectivity index (χ1) is 8.11. The first-order valence-electron chi connectivity index (χ1n) is 7.61. The lowest BCUT2D eigenvalue weighted by atomic mass is 9.78. The molecule has 2 nitrogen and oxygen atoms in total. The monoisotopic (exact) mass is 238 g/mol. The van der Waals surface area contributed by atoms with Gasteiger partial charge in [0, 0.05) is 31.2 Å². The predicted octanol–water partition coefficient (Wildman–Crippen LogP) is 2.88. The number of hydrogen-bond acceptors (Lipinski definition) is 2. The average molecular weight is 238 g/mol. The molecule has 1 aliphatic carbocycles. The second-order valence-corrected chi connectivity index (χ2v) is 6.48. The second-order valence-electron chi connectivity index (χ2n) is 6.48. The molecule has 0 radical (unpaired) electrons. The normalized spacial score (nSPS) is 44.8. The lowest BCUT2D eigenvalue weighted by Crippen LogP contribution is -2.59. The van der Waals surface area contributed by atoms with Gasteiger partial charge in [-0.05, 0) is 44.4 Å². The molecule has 1 aliphatic heterocycles. The summed E-state index contributed by atoms with van der Waals surface area (Å²) in [6.07, 6.45) is 5.54. The molecule has 1 heterocycles. The van der Waals surface area contributed by atoms with Gasteiger partial charge in [-0.15, -0.1) is 0 Å². The highest BCUT2D eigenvalue weighted by molar-refractivity contribution is 4.90. The molecule has 1 saturated heterocycles. The smallest absolute Gasteiger partial charge is 0.0196 e. The lowest BCUT2D eigenvalue weighted by molar-refractivity contribution is 0.0454. The molecule has 1 saturated carbocycles. The predicted molar refractivity (Wildman–Crippen MR) is 74.2 cm³/mol. The summed E-state index contributed by atoms with van der Waals surface area (Å²) in [5.74, 6) is 1.85. The molecular formula is C15H30N2. The number of hydrogen-bond donors (Lipinski definition) is 1. The van der Waals surface area contributed by atoms with Crippen molar-refractivity contribution in [1.82, 2.24) is 10.2 Å². The van der Waals surface area contributed by atoms with Crippen LogP contribution >= 0.6 is 0 Å². The Balaban J connectivity index is 1.95. The van der Waals surface area contributed by atoms with E-state index >= 15 is 0 Å². The molecule has 0 bridgehead atoms. The maximum atomic E-state index is 3.67. The Hall–Kier alpha value is -0.0800. The molecule has 5 atom stereocenters. The fourth-order valence-corrected chi connectivity index (χ4v) is 3.56. The molecule has 2 heteroatoms. The van der Waals surface area contributed by atoms with Crippen LogP contribution in [0.4, 0.5) is 0 Å². The third kappa shape index (κ3) is 3.03. The topological polar surface area (TPSA) is 15.3 Å². The molecule has 2 aliphatic rings. The SMILES string of the molecule is CCC1CN(C2CCC(C)C(C)C2)C(C)CN1. The molecule has 0 aromatic carbocycles. The Labute approximate surface area is 107 Å². The van der Waals surface area contributed by atoms with Crippen molar-refractivity contribution < 1.29 is 0 Å². The van der Waals surface area contributed by atoms with Crippen molar-refractivity contribution >= 4 is 0 Å². The minimum atomic E-state index is 0.723. The van der Waals surface area contributed by atoms with E-state index in [2.05, 4.69) is 37.9 Å². The van der Waals surface area contributed by atoms with Crippen molar-refractivity contribution in [3.05, 3.63) is 0 Å². The van der Waals surface area contributed by atoms with Gasteiger partial charge in [0.05, 0.1) is 0 Å². The van der Waals surface area contributed by atoms with Crippen LogP contribution in [0.25, 0.3) is 0 Å². The van der Waals surface area contributed by atoms with E-state index in [1.807, 2.05) is 0 Å². The zero-order valence-corrected chi connectivity index (χ0v) is 12.1. The first kappa shape index (κ1) is 13.4. The third-order valence-corrected chi connectivity index (χ3v) is 5.23. The van der Waals surface area contributed by atoms with Gasteiger partial charge in [0.1, 0.15) is 0 Å². The highest BCUT2D eigenvalue weighted by Gasteiger charge is 2.33. The van der Waals surface area contributed by atoms with E-state index in [4.69, 9.17) is 0 Å². The van der Waals surface area contributed by atoms with Gasteiger partial charge < -0.3 is 5.32 Å². The summed E-state index contributed by atoms with van der Waals surface area (Å²) in [6.45, 7) is 12.0. The Kier molecular flexibility index (Phi) is 4.48. The van der Waals surface area contributed by atoms with Crippen molar-refractivity contribution in [2.75, 3.05) is 13.1 Å². The van der Waals surface area contributed by atoms with Gasteiger partial charge >= 0.3 is 0 Å². The van der Waals surface area contributed by atoms with Crippen LogP contribution in [0.3, 0.4) is 0 Å². The summed E-state index contributed by atoms with van der Waals surface area (Å²) < 4.78 is 0. The molecule has 0 aromatic rings. The number of rotatable bonds is 2. The lowest BCUT2D eigenvalue weighted by Gasteiger charge is -2.46. The van der Waals surface area contributed by atoms with Crippen LogP contribution in [0.2, 0.25) is 0 Å². The summed E-state index contributed by atoms with van der Waals surface area (Å²) in [5.41, 5.74) is 0. The van der Waals surface area contributed by atoms with Gasteiger partial charge in [0.25, 0.3) is 0 Å². The van der Waals surface area contributed by atoms with Crippen LogP contribution < -0.4 is 5.32 Å². The van der Waals surface area contributed by atoms with Crippen LogP contribution in [0.5, 0.6) is 0 Å². The van der Waals surface area contributed by atoms with Crippen LogP contribution in [-0.4, -0.2) is 36.1 Å². The number of nitrogens with zero attached hydrogens (tertiary/aromatic N) is 1. The molecule has 2 fully saturated rings. The van der Waals surface area contributed by atoms with E-state index in [1.54, 1.807) is 0 Å². The molecule has 17 heavy (non-hydrogen) atoms. The van der Waals surface area contributed by atoms with E-state index in [-0.39, 0.29) is 0 Å². The van der Waals surface area contributed by atoms with Crippen molar-refractivity contribution in [2.45, 2.75) is 71.5 Å². The van der Waals surface area contributed by atoms with Crippen LogP contribution in [0, 0.1) is 11.8 Å². The first-order valence-corrected chi connectivity index (χ1v) is 7.61. The van der Waals surface area contributed by atoms with Crippen molar-refractivity contribution in [1.29, 1.82) is 0 Å². The minimum absolute atomic E-state index is 0.723. The second kappa shape index (κ2) is 5.71. The zero-order valence-electron chi connectivity index (χ0n) is 12.1. The van der Waals surface area contributed by atoms with E-state index < -0.39 is 0 Å². The Morgan fingerprint density at radius 3 is 2.53 bits per heavy atom. The fraction of sp³-hybridized carbons (Fsp3) is 1.00. The Morgan fingerprint density at radius 1 is 1.12 bits per heavy atom. The van der Waals surface area contributed by atoms with Crippen LogP contribution in [-0.2, 0) is 0 Å². The molecule has 0 amide bonds. The van der Waals surface area contributed by atoms with Gasteiger partial charge in [-0.2, -0.15) is 0 Å². The van der Waals surface area contributed by atoms with Crippen molar-refractivity contribution in [2.24, 2.45) is 11.8 Å². The number of piperazine rings is 1. The molecule has 1 N–H and O–H groups in total. The molecule has 0 spiro atoms. The average Bonchev–Trinajstić information content (AvgIpc) is 2.33. The van der Waals surface area contributed by atoms with Gasteiger partial charge in [0.15, 0.2) is 0 Å². The quantitative estimate of drug-likeness (QED) is 0.796. The maximum Gasteiger partial charge on any atom is 0.0196 e. The summed E-state index contributed by atoms with van der Waals surface area (Å²) in [4.78, 5) is 2.80. The summed E-state index contributed by atoms with van der Waals surface area (Å²) in [5, 5.41) is 3.67. The molecule has 0 aromatic heterocycles. The van der Waals surface area contributed by atoms with Gasteiger partial charge in [-0.1, -0.05) is 20.8 Å². The fourth-order valence-electron chi connectivity index (χ4n) is 3.56. The highest BCUT2D eigenvalue weighted by Crippen LogP contribution is 2.33. The summed E-state index contributed by atoms with van der Waals surface area (Å²) in [6, 6.07) is 2.30. The summed E-state index contributed by atoms with van der Waals surface area (Å²) >= 11 is 0. The van der Waals surface area contributed by atoms with E-state index in [1.165, 1.54) is 38.8 Å².